The van der Waals surface area contributed by atoms with Gasteiger partial charge in [-0.1, -0.05) is 15.9 Å². The molecule has 2 aromatic rings. The molecule has 17 heavy (non-hydrogen) atoms. The largest absolute Gasteiger partial charge is 0.347 e. The van der Waals surface area contributed by atoms with Crippen LogP contribution < -0.4 is 5.32 Å². The Balaban J connectivity index is 2.19. The van der Waals surface area contributed by atoms with Gasteiger partial charge in [-0.05, 0) is 42.8 Å². The normalized spacial score (nSPS) is 10.3. The van der Waals surface area contributed by atoms with Crippen molar-refractivity contribution < 1.29 is 4.79 Å². The monoisotopic (exact) mass is 292 g/mol. The van der Waals surface area contributed by atoms with Gasteiger partial charge in [0.2, 0.25) is 0 Å². The van der Waals surface area contributed by atoms with Crippen molar-refractivity contribution >= 4 is 27.5 Å². The number of aryl methyl sites for hydroxylation is 2. The summed E-state index contributed by atoms with van der Waals surface area (Å²) >= 11 is 3.43. The predicted molar refractivity (Wildman–Crippen MR) is 72.2 cm³/mol. The first-order valence-electron chi connectivity index (χ1n) is 5.27. The summed E-state index contributed by atoms with van der Waals surface area (Å²) in [4.78, 5) is 11.9. The van der Waals surface area contributed by atoms with Crippen LogP contribution in [0.25, 0.3) is 0 Å². The number of anilines is 1. The van der Waals surface area contributed by atoms with Crippen LogP contribution in [0.4, 0.5) is 5.69 Å². The van der Waals surface area contributed by atoms with Crippen molar-refractivity contribution in [3.05, 3.63) is 52.3 Å². The maximum atomic E-state index is 11.9. The van der Waals surface area contributed by atoms with Crippen molar-refractivity contribution in [2.75, 3.05) is 5.32 Å². The molecule has 0 fully saturated rings. The standard InChI is InChI=1S/C13H13BrN2O/c1-9-8-10(5-6-11(9)14)15-13(17)12-4-3-7-16(12)2/h3-8H,1-2H3,(H,15,17). The molecule has 1 N–H and O–H groups in total. The molecular formula is C13H13BrN2O. The second kappa shape index (κ2) is 4.75. The van der Waals surface area contributed by atoms with Gasteiger partial charge in [-0.25, -0.2) is 0 Å². The molecular weight excluding hydrogens is 280 g/mol. The number of nitrogens with zero attached hydrogens (tertiary/aromatic N) is 1. The van der Waals surface area contributed by atoms with E-state index in [-0.39, 0.29) is 5.91 Å². The maximum absolute atomic E-state index is 11.9. The summed E-state index contributed by atoms with van der Waals surface area (Å²) in [6.07, 6.45) is 1.85. The van der Waals surface area contributed by atoms with Crippen molar-refractivity contribution in [3.63, 3.8) is 0 Å². The highest BCUT2D eigenvalue weighted by molar-refractivity contribution is 9.10. The molecule has 0 spiro atoms. The van der Waals surface area contributed by atoms with E-state index >= 15 is 0 Å². The smallest absolute Gasteiger partial charge is 0.272 e. The summed E-state index contributed by atoms with van der Waals surface area (Å²) in [6, 6.07) is 9.38. The van der Waals surface area contributed by atoms with Gasteiger partial charge in [-0.15, -0.1) is 0 Å². The molecule has 2 rings (SSSR count). The van der Waals surface area contributed by atoms with Gasteiger partial charge >= 0.3 is 0 Å². The molecule has 0 aliphatic rings. The third-order valence-corrected chi connectivity index (χ3v) is 3.48. The Kier molecular flexibility index (Phi) is 3.33. The summed E-state index contributed by atoms with van der Waals surface area (Å²) < 4.78 is 2.83. The van der Waals surface area contributed by atoms with Crippen LogP contribution in [0, 0.1) is 6.92 Å². The van der Waals surface area contributed by atoms with E-state index < -0.39 is 0 Å². The zero-order valence-electron chi connectivity index (χ0n) is 9.70. The van der Waals surface area contributed by atoms with Crippen LogP contribution >= 0.6 is 15.9 Å². The van der Waals surface area contributed by atoms with Crippen LogP contribution in [0.3, 0.4) is 0 Å². The Hall–Kier alpha value is -1.55. The minimum absolute atomic E-state index is 0.0979. The molecule has 0 bridgehead atoms. The fourth-order valence-corrected chi connectivity index (χ4v) is 1.86. The highest BCUT2D eigenvalue weighted by atomic mass is 79.9. The molecule has 0 aliphatic heterocycles. The minimum atomic E-state index is -0.0979. The molecule has 0 saturated carbocycles. The van der Waals surface area contributed by atoms with E-state index in [0.29, 0.717) is 5.69 Å². The topological polar surface area (TPSA) is 34.0 Å². The fraction of sp³-hybridized carbons (Fsp3) is 0.154. The second-order valence-electron chi connectivity index (χ2n) is 3.92. The number of carbonyl (C=O) groups excluding carboxylic acids is 1. The number of benzene rings is 1. The lowest BCUT2D eigenvalue weighted by Gasteiger charge is -2.07. The lowest BCUT2D eigenvalue weighted by molar-refractivity contribution is 0.101. The lowest BCUT2D eigenvalue weighted by atomic mass is 10.2. The number of amides is 1. The molecule has 4 heteroatoms. The van der Waals surface area contributed by atoms with Crippen LogP contribution in [0.2, 0.25) is 0 Å². The number of nitrogens with one attached hydrogen (secondary N) is 1. The molecule has 1 aromatic heterocycles. The first-order chi connectivity index (χ1) is 8.08. The molecule has 0 atom stereocenters. The van der Waals surface area contributed by atoms with E-state index in [9.17, 15) is 4.79 Å². The van der Waals surface area contributed by atoms with Crippen molar-refractivity contribution in [2.24, 2.45) is 7.05 Å². The van der Waals surface area contributed by atoms with Crippen molar-refractivity contribution in [3.8, 4) is 0 Å². The van der Waals surface area contributed by atoms with E-state index in [0.717, 1.165) is 15.7 Å². The molecule has 88 valence electrons. The van der Waals surface area contributed by atoms with Crippen molar-refractivity contribution in [2.45, 2.75) is 6.92 Å². The molecule has 1 aromatic carbocycles. The third-order valence-electron chi connectivity index (χ3n) is 2.59. The summed E-state index contributed by atoms with van der Waals surface area (Å²) in [5, 5.41) is 2.87. The van der Waals surface area contributed by atoms with Gasteiger partial charge in [0, 0.05) is 23.4 Å². The molecule has 0 saturated heterocycles. The second-order valence-corrected chi connectivity index (χ2v) is 4.78. The Labute approximate surface area is 109 Å². The van der Waals surface area contributed by atoms with Crippen molar-refractivity contribution in [1.29, 1.82) is 0 Å². The Morgan fingerprint density at radius 1 is 1.35 bits per heavy atom. The van der Waals surface area contributed by atoms with Crippen molar-refractivity contribution in [1.82, 2.24) is 4.57 Å². The number of halogens is 1. The molecule has 1 heterocycles. The van der Waals surface area contributed by atoms with Gasteiger partial charge in [0.15, 0.2) is 0 Å². The molecule has 0 unspecified atom stereocenters. The van der Waals surface area contributed by atoms with Gasteiger partial charge in [0.05, 0.1) is 0 Å². The first kappa shape index (κ1) is 11.9. The molecule has 0 aliphatic carbocycles. The number of hydrogen-bond donors (Lipinski definition) is 1. The van der Waals surface area contributed by atoms with Gasteiger partial charge in [-0.3, -0.25) is 4.79 Å². The predicted octanol–water partition coefficient (Wildman–Crippen LogP) is 3.35. The van der Waals surface area contributed by atoms with Crippen LogP contribution in [0.1, 0.15) is 16.1 Å². The summed E-state index contributed by atoms with van der Waals surface area (Å²) in [5.41, 5.74) is 2.54. The Morgan fingerprint density at radius 3 is 2.71 bits per heavy atom. The third kappa shape index (κ3) is 2.58. The van der Waals surface area contributed by atoms with E-state index in [1.165, 1.54) is 0 Å². The van der Waals surface area contributed by atoms with Crippen LogP contribution in [0.5, 0.6) is 0 Å². The first-order valence-corrected chi connectivity index (χ1v) is 6.06. The van der Waals surface area contributed by atoms with E-state index in [1.54, 1.807) is 10.6 Å². The van der Waals surface area contributed by atoms with Gasteiger partial charge in [-0.2, -0.15) is 0 Å². The fourth-order valence-electron chi connectivity index (χ4n) is 1.61. The zero-order chi connectivity index (χ0) is 12.4. The van der Waals surface area contributed by atoms with Gasteiger partial charge in [0.1, 0.15) is 5.69 Å². The number of hydrogen-bond acceptors (Lipinski definition) is 1. The van der Waals surface area contributed by atoms with Crippen LogP contribution in [0.15, 0.2) is 41.0 Å². The number of rotatable bonds is 2. The van der Waals surface area contributed by atoms with E-state index in [4.69, 9.17) is 0 Å². The quantitative estimate of drug-likeness (QED) is 0.905. The maximum Gasteiger partial charge on any atom is 0.272 e. The zero-order valence-corrected chi connectivity index (χ0v) is 11.3. The average Bonchev–Trinajstić information content (AvgIpc) is 2.70. The molecule has 0 radical (unpaired) electrons. The van der Waals surface area contributed by atoms with Gasteiger partial charge < -0.3 is 9.88 Å². The lowest BCUT2D eigenvalue weighted by Crippen LogP contribution is -2.15. The summed E-state index contributed by atoms with van der Waals surface area (Å²) in [6.45, 7) is 1.99. The number of carbonyl (C=O) groups is 1. The highest BCUT2D eigenvalue weighted by Gasteiger charge is 2.09. The Morgan fingerprint density at radius 2 is 2.12 bits per heavy atom. The molecule has 1 amide bonds. The van der Waals surface area contributed by atoms with Crippen LogP contribution in [-0.2, 0) is 7.05 Å². The SMILES string of the molecule is Cc1cc(NC(=O)c2cccn2C)ccc1Br. The van der Waals surface area contributed by atoms with Gasteiger partial charge in [0.25, 0.3) is 5.91 Å². The Bertz CT molecular complexity index is 560. The molecule has 3 nitrogen and oxygen atoms in total. The summed E-state index contributed by atoms with van der Waals surface area (Å²) in [7, 11) is 1.85. The van der Waals surface area contributed by atoms with Crippen LogP contribution in [-0.4, -0.2) is 10.5 Å². The minimum Gasteiger partial charge on any atom is -0.347 e. The van der Waals surface area contributed by atoms with E-state index in [2.05, 4.69) is 21.2 Å². The van der Waals surface area contributed by atoms with E-state index in [1.807, 2.05) is 44.4 Å². The average molecular weight is 293 g/mol. The highest BCUT2D eigenvalue weighted by Crippen LogP contribution is 2.20. The summed E-state index contributed by atoms with van der Waals surface area (Å²) in [5.74, 6) is -0.0979. The number of aromatic nitrogens is 1.